The third kappa shape index (κ3) is 6.87. The Morgan fingerprint density at radius 1 is 0.972 bits per heavy atom. The normalized spacial score (nSPS) is 14.8. The van der Waals surface area contributed by atoms with Crippen LogP contribution in [0.15, 0.2) is 46.4 Å². The van der Waals surface area contributed by atoms with Gasteiger partial charge in [0.05, 0.1) is 23.4 Å². The number of hydrogen-bond donors (Lipinski definition) is 2. The van der Waals surface area contributed by atoms with Gasteiger partial charge in [0.2, 0.25) is 0 Å². The van der Waals surface area contributed by atoms with Gasteiger partial charge in [0.1, 0.15) is 11.3 Å². The van der Waals surface area contributed by atoms with Crippen LogP contribution in [-0.4, -0.2) is 36.2 Å². The summed E-state index contributed by atoms with van der Waals surface area (Å²) in [6, 6.07) is 8.10. The van der Waals surface area contributed by atoms with E-state index in [-0.39, 0.29) is 17.0 Å². The van der Waals surface area contributed by atoms with Gasteiger partial charge < -0.3 is 14.6 Å². The number of ether oxygens (including phenoxy) is 2. The molecule has 2 N–H and O–H groups in total. The van der Waals surface area contributed by atoms with Gasteiger partial charge >= 0.3 is 6.03 Å². The lowest BCUT2D eigenvalue weighted by Gasteiger charge is -2.26. The number of anilines is 1. The molecule has 2 aromatic rings. The van der Waals surface area contributed by atoms with E-state index in [2.05, 4.69) is 28.2 Å². The van der Waals surface area contributed by atoms with E-state index >= 15 is 0 Å². The van der Waals surface area contributed by atoms with Crippen molar-refractivity contribution < 1.29 is 29.0 Å². The van der Waals surface area contributed by atoms with Crippen molar-refractivity contribution in [2.75, 3.05) is 18.1 Å². The number of carbonyl (C=O) groups excluding carboxylic acids is 3. The second kappa shape index (κ2) is 13.1. The predicted molar refractivity (Wildman–Crippen MR) is 141 cm³/mol. The first-order valence-corrected chi connectivity index (χ1v) is 12.9. The highest BCUT2D eigenvalue weighted by molar-refractivity contribution is 9.10. The molecular weight excluding hydrogens is 528 g/mol. The van der Waals surface area contributed by atoms with Crippen LogP contribution in [0.25, 0.3) is 6.08 Å². The maximum Gasteiger partial charge on any atom is 0.335 e. The fourth-order valence-electron chi connectivity index (χ4n) is 3.79. The Bertz CT molecular complexity index is 1130. The topological polar surface area (TPSA) is 105 Å². The molecular formula is C27H31BrN2O6. The Labute approximate surface area is 219 Å². The summed E-state index contributed by atoms with van der Waals surface area (Å²) in [5, 5.41) is 11.7. The van der Waals surface area contributed by atoms with Crippen LogP contribution < -0.4 is 19.7 Å². The number of carbonyl (C=O) groups is 3. The highest BCUT2D eigenvalue weighted by Crippen LogP contribution is 2.38. The number of imide groups is 2. The summed E-state index contributed by atoms with van der Waals surface area (Å²) in [7, 11) is 0. The van der Waals surface area contributed by atoms with Gasteiger partial charge in [-0.15, -0.1) is 0 Å². The molecule has 2 aromatic carbocycles. The van der Waals surface area contributed by atoms with Crippen LogP contribution in [0.3, 0.4) is 0 Å². The van der Waals surface area contributed by atoms with Crippen molar-refractivity contribution in [1.82, 2.24) is 5.32 Å². The Hall–Kier alpha value is -3.33. The number of benzene rings is 2. The number of barbiturate groups is 1. The molecule has 1 saturated heterocycles. The van der Waals surface area contributed by atoms with Gasteiger partial charge in [-0.3, -0.25) is 14.9 Å². The fraction of sp³-hybridized carbons (Fsp3) is 0.370. The van der Waals surface area contributed by atoms with Crippen molar-refractivity contribution >= 4 is 45.5 Å². The van der Waals surface area contributed by atoms with Crippen molar-refractivity contribution in [3.63, 3.8) is 0 Å². The first-order valence-electron chi connectivity index (χ1n) is 12.1. The molecule has 8 nitrogen and oxygen atoms in total. The van der Waals surface area contributed by atoms with E-state index in [1.54, 1.807) is 12.1 Å². The molecule has 0 radical (unpaired) electrons. The third-order valence-electron chi connectivity index (χ3n) is 5.60. The average Bonchev–Trinajstić information content (AvgIpc) is 2.84. The molecule has 4 amide bonds. The Morgan fingerprint density at radius 2 is 1.67 bits per heavy atom. The number of nitrogens with zero attached hydrogens (tertiary/aromatic N) is 1. The largest absolute Gasteiger partial charge is 0.508 e. The van der Waals surface area contributed by atoms with Gasteiger partial charge in [0, 0.05) is 0 Å². The van der Waals surface area contributed by atoms with Gasteiger partial charge in [0.25, 0.3) is 11.8 Å². The number of nitrogens with one attached hydrogen (secondary N) is 1. The van der Waals surface area contributed by atoms with Gasteiger partial charge in [-0.1, -0.05) is 39.0 Å². The van der Waals surface area contributed by atoms with E-state index in [1.807, 2.05) is 6.92 Å². The highest BCUT2D eigenvalue weighted by Gasteiger charge is 2.36. The van der Waals surface area contributed by atoms with Crippen molar-refractivity contribution in [2.45, 2.75) is 52.4 Å². The fourth-order valence-corrected chi connectivity index (χ4v) is 4.37. The molecule has 0 aromatic heterocycles. The van der Waals surface area contributed by atoms with Crippen molar-refractivity contribution in [2.24, 2.45) is 0 Å². The van der Waals surface area contributed by atoms with Crippen LogP contribution in [0.5, 0.6) is 17.2 Å². The molecule has 0 saturated carbocycles. The summed E-state index contributed by atoms with van der Waals surface area (Å²) in [6.45, 7) is 5.01. The molecule has 1 heterocycles. The standard InChI is InChI=1S/C27H31BrN2O6/c1-3-5-6-7-8-9-14-36-24-22(28)16-18(17-23(24)35-4-2)15-21-25(32)29-27(34)30(26(21)33)19-10-12-20(31)13-11-19/h10-13,15-17,31H,3-9,14H2,1-2H3,(H,29,32,34)/b21-15-. The molecule has 0 unspecified atom stereocenters. The zero-order chi connectivity index (χ0) is 26.1. The summed E-state index contributed by atoms with van der Waals surface area (Å²) in [5.41, 5.74) is 0.539. The number of urea groups is 1. The van der Waals surface area contributed by atoms with Crippen molar-refractivity contribution in [3.8, 4) is 17.2 Å². The third-order valence-corrected chi connectivity index (χ3v) is 6.19. The van der Waals surface area contributed by atoms with Crippen LogP contribution in [0.2, 0.25) is 0 Å². The van der Waals surface area contributed by atoms with Crippen LogP contribution in [0.4, 0.5) is 10.5 Å². The Morgan fingerprint density at radius 3 is 2.36 bits per heavy atom. The summed E-state index contributed by atoms with van der Waals surface area (Å²) in [4.78, 5) is 38.9. The molecule has 0 spiro atoms. The zero-order valence-electron chi connectivity index (χ0n) is 20.5. The molecule has 1 aliphatic rings. The number of amides is 4. The number of rotatable bonds is 12. The van der Waals surface area contributed by atoms with E-state index in [9.17, 15) is 19.5 Å². The van der Waals surface area contributed by atoms with Crippen LogP contribution >= 0.6 is 15.9 Å². The molecule has 36 heavy (non-hydrogen) atoms. The molecule has 1 aliphatic heterocycles. The van der Waals surface area contributed by atoms with E-state index in [0.29, 0.717) is 34.7 Å². The quantitative estimate of drug-likeness (QED) is 0.189. The first kappa shape index (κ1) is 27.3. The molecule has 192 valence electrons. The molecule has 0 atom stereocenters. The van der Waals surface area contributed by atoms with E-state index in [4.69, 9.17) is 9.47 Å². The van der Waals surface area contributed by atoms with Gasteiger partial charge in [-0.25, -0.2) is 9.69 Å². The number of phenolic OH excluding ortho intramolecular Hbond substituents is 1. The number of halogens is 1. The molecule has 0 aliphatic carbocycles. The van der Waals surface area contributed by atoms with Gasteiger partial charge in [0.15, 0.2) is 11.5 Å². The lowest BCUT2D eigenvalue weighted by molar-refractivity contribution is -0.122. The molecule has 3 rings (SSSR count). The van der Waals surface area contributed by atoms with E-state index in [0.717, 1.165) is 17.7 Å². The lowest BCUT2D eigenvalue weighted by Crippen LogP contribution is -2.54. The molecule has 0 bridgehead atoms. The average molecular weight is 559 g/mol. The Kier molecular flexibility index (Phi) is 9.93. The summed E-state index contributed by atoms with van der Waals surface area (Å²) in [6.07, 6.45) is 8.31. The van der Waals surface area contributed by atoms with Crippen LogP contribution in [-0.2, 0) is 9.59 Å². The monoisotopic (exact) mass is 558 g/mol. The summed E-state index contributed by atoms with van der Waals surface area (Å²) in [5.74, 6) is -0.528. The minimum Gasteiger partial charge on any atom is -0.508 e. The Balaban J connectivity index is 1.81. The maximum atomic E-state index is 13.1. The van der Waals surface area contributed by atoms with Gasteiger partial charge in [-0.2, -0.15) is 0 Å². The number of unbranched alkanes of at least 4 members (excludes halogenated alkanes) is 5. The second-order valence-corrected chi connectivity index (χ2v) is 9.21. The highest BCUT2D eigenvalue weighted by atomic mass is 79.9. The number of phenols is 1. The molecule has 9 heteroatoms. The minimum absolute atomic E-state index is 0.0115. The van der Waals surface area contributed by atoms with E-state index in [1.165, 1.54) is 56.0 Å². The minimum atomic E-state index is -0.859. The number of aromatic hydroxyl groups is 1. The smallest absolute Gasteiger partial charge is 0.335 e. The SMILES string of the molecule is CCCCCCCCOc1c(Br)cc(/C=C2/C(=O)NC(=O)N(c3ccc(O)cc3)C2=O)cc1OCC. The lowest BCUT2D eigenvalue weighted by atomic mass is 10.1. The molecule has 1 fully saturated rings. The van der Waals surface area contributed by atoms with Gasteiger partial charge in [-0.05, 0) is 77.3 Å². The van der Waals surface area contributed by atoms with Crippen LogP contribution in [0, 0.1) is 0 Å². The summed E-state index contributed by atoms with van der Waals surface area (Å²) < 4.78 is 12.4. The van der Waals surface area contributed by atoms with E-state index < -0.39 is 17.8 Å². The second-order valence-electron chi connectivity index (χ2n) is 8.35. The first-order chi connectivity index (χ1) is 17.3. The van der Waals surface area contributed by atoms with Crippen LogP contribution in [0.1, 0.15) is 57.9 Å². The predicted octanol–water partition coefficient (Wildman–Crippen LogP) is 5.96. The number of hydrogen-bond acceptors (Lipinski definition) is 6. The van der Waals surface area contributed by atoms with Crippen molar-refractivity contribution in [1.29, 1.82) is 0 Å². The van der Waals surface area contributed by atoms with Crippen molar-refractivity contribution in [3.05, 3.63) is 52.0 Å². The zero-order valence-corrected chi connectivity index (χ0v) is 22.1. The summed E-state index contributed by atoms with van der Waals surface area (Å²) >= 11 is 3.52. The maximum absolute atomic E-state index is 13.1.